The summed E-state index contributed by atoms with van der Waals surface area (Å²) in [6, 6.07) is 8.84. The van der Waals surface area contributed by atoms with Gasteiger partial charge in [-0.1, -0.05) is 30.3 Å². The predicted molar refractivity (Wildman–Crippen MR) is 94.1 cm³/mol. The summed E-state index contributed by atoms with van der Waals surface area (Å²) in [5, 5.41) is 9.35. The van der Waals surface area contributed by atoms with Crippen molar-refractivity contribution < 1.29 is 9.59 Å². The molecule has 0 bridgehead atoms. The molecule has 0 radical (unpaired) electrons. The van der Waals surface area contributed by atoms with Crippen molar-refractivity contribution in [2.45, 2.75) is 18.9 Å². The van der Waals surface area contributed by atoms with Crippen LogP contribution in [0.15, 0.2) is 30.3 Å². The van der Waals surface area contributed by atoms with Gasteiger partial charge in [0.2, 0.25) is 0 Å². The zero-order chi connectivity index (χ0) is 16.9. The van der Waals surface area contributed by atoms with Gasteiger partial charge in [-0.2, -0.15) is 0 Å². The second-order valence-electron chi connectivity index (χ2n) is 5.57. The lowest BCUT2D eigenvalue weighted by Crippen LogP contribution is -2.45. The SMILES string of the molecule is NC(=O)Nc1nc(-c2ccccc2)sc1C(=O)N[C@H]1CCCNC1. The van der Waals surface area contributed by atoms with E-state index in [1.165, 1.54) is 11.3 Å². The molecule has 2 aromatic rings. The molecule has 126 valence electrons. The lowest BCUT2D eigenvalue weighted by molar-refractivity contribution is 0.0935. The van der Waals surface area contributed by atoms with Crippen LogP contribution >= 0.6 is 11.3 Å². The average Bonchev–Trinajstić information content (AvgIpc) is 3.00. The first-order chi connectivity index (χ1) is 11.6. The van der Waals surface area contributed by atoms with Gasteiger partial charge >= 0.3 is 6.03 Å². The Balaban J connectivity index is 1.85. The quantitative estimate of drug-likeness (QED) is 0.677. The number of piperidine rings is 1. The Bertz CT molecular complexity index is 725. The summed E-state index contributed by atoms with van der Waals surface area (Å²) in [5.41, 5.74) is 6.08. The molecule has 2 heterocycles. The number of benzene rings is 1. The molecule has 8 heteroatoms. The van der Waals surface area contributed by atoms with Crippen LogP contribution in [-0.2, 0) is 0 Å². The van der Waals surface area contributed by atoms with E-state index in [4.69, 9.17) is 5.73 Å². The number of amides is 3. The Morgan fingerprint density at radius 3 is 2.75 bits per heavy atom. The van der Waals surface area contributed by atoms with E-state index in [0.29, 0.717) is 9.88 Å². The van der Waals surface area contributed by atoms with Gasteiger partial charge in [-0.25, -0.2) is 9.78 Å². The number of nitrogens with zero attached hydrogens (tertiary/aromatic N) is 1. The molecule has 1 aromatic carbocycles. The molecule has 1 aromatic heterocycles. The van der Waals surface area contributed by atoms with Crippen molar-refractivity contribution in [3.05, 3.63) is 35.2 Å². The van der Waals surface area contributed by atoms with Gasteiger partial charge in [0.1, 0.15) is 9.88 Å². The highest BCUT2D eigenvalue weighted by atomic mass is 32.1. The van der Waals surface area contributed by atoms with Crippen molar-refractivity contribution in [3.8, 4) is 10.6 Å². The number of thiazole rings is 1. The van der Waals surface area contributed by atoms with Crippen LogP contribution in [0.2, 0.25) is 0 Å². The largest absolute Gasteiger partial charge is 0.351 e. The number of primary amides is 1. The van der Waals surface area contributed by atoms with E-state index in [1.807, 2.05) is 30.3 Å². The molecule has 1 aliphatic rings. The third kappa shape index (κ3) is 3.90. The van der Waals surface area contributed by atoms with E-state index in [-0.39, 0.29) is 17.8 Å². The lowest BCUT2D eigenvalue weighted by Gasteiger charge is -2.23. The second kappa shape index (κ2) is 7.41. The second-order valence-corrected chi connectivity index (χ2v) is 6.57. The van der Waals surface area contributed by atoms with Crippen molar-refractivity contribution in [2.24, 2.45) is 5.73 Å². The maximum Gasteiger partial charge on any atom is 0.317 e. The van der Waals surface area contributed by atoms with Crippen molar-refractivity contribution >= 4 is 29.1 Å². The Morgan fingerprint density at radius 2 is 2.08 bits per heavy atom. The Hall–Kier alpha value is -2.45. The zero-order valence-electron chi connectivity index (χ0n) is 13.0. The normalized spacial score (nSPS) is 17.2. The molecule has 24 heavy (non-hydrogen) atoms. The molecule has 0 unspecified atom stereocenters. The van der Waals surface area contributed by atoms with Gasteiger partial charge in [0.05, 0.1) is 0 Å². The minimum atomic E-state index is -0.742. The molecule has 5 N–H and O–H groups in total. The number of nitrogens with one attached hydrogen (secondary N) is 3. The van der Waals surface area contributed by atoms with Crippen molar-refractivity contribution in [1.82, 2.24) is 15.6 Å². The number of aromatic nitrogens is 1. The van der Waals surface area contributed by atoms with Crippen LogP contribution in [0.25, 0.3) is 10.6 Å². The fourth-order valence-electron chi connectivity index (χ4n) is 2.61. The third-order valence-electron chi connectivity index (χ3n) is 3.73. The van der Waals surface area contributed by atoms with Gasteiger partial charge in [-0.05, 0) is 19.4 Å². The van der Waals surface area contributed by atoms with Crippen molar-refractivity contribution in [2.75, 3.05) is 18.4 Å². The first kappa shape index (κ1) is 16.4. The number of anilines is 1. The van der Waals surface area contributed by atoms with Crippen molar-refractivity contribution in [1.29, 1.82) is 0 Å². The van der Waals surface area contributed by atoms with Gasteiger partial charge in [0, 0.05) is 18.2 Å². The predicted octanol–water partition coefficient (Wildman–Crippen LogP) is 1.78. The van der Waals surface area contributed by atoms with Crippen LogP contribution in [0, 0.1) is 0 Å². The summed E-state index contributed by atoms with van der Waals surface area (Å²) in [6.07, 6.45) is 1.96. The Kier molecular flexibility index (Phi) is 5.07. The summed E-state index contributed by atoms with van der Waals surface area (Å²) in [6.45, 7) is 1.72. The Labute approximate surface area is 143 Å². The van der Waals surface area contributed by atoms with Gasteiger partial charge < -0.3 is 16.4 Å². The maximum atomic E-state index is 12.6. The molecule has 1 fully saturated rings. The molecule has 1 saturated heterocycles. The van der Waals surface area contributed by atoms with Crippen LogP contribution in [0.4, 0.5) is 10.6 Å². The van der Waals surface area contributed by atoms with Gasteiger partial charge in [0.25, 0.3) is 5.91 Å². The monoisotopic (exact) mass is 345 g/mol. The van der Waals surface area contributed by atoms with E-state index < -0.39 is 6.03 Å². The number of hydrogen-bond donors (Lipinski definition) is 4. The van der Waals surface area contributed by atoms with Gasteiger partial charge in [-0.15, -0.1) is 11.3 Å². The number of hydrogen-bond acceptors (Lipinski definition) is 5. The molecule has 0 saturated carbocycles. The zero-order valence-corrected chi connectivity index (χ0v) is 13.9. The molecular weight excluding hydrogens is 326 g/mol. The minimum absolute atomic E-state index is 0.0787. The van der Waals surface area contributed by atoms with Gasteiger partial charge in [-0.3, -0.25) is 10.1 Å². The molecule has 1 atom stereocenters. The van der Waals surface area contributed by atoms with Crippen LogP contribution in [0.1, 0.15) is 22.5 Å². The summed E-state index contributed by atoms with van der Waals surface area (Å²) in [7, 11) is 0. The number of urea groups is 1. The molecule has 7 nitrogen and oxygen atoms in total. The number of carbonyl (C=O) groups is 2. The van der Waals surface area contributed by atoms with E-state index in [9.17, 15) is 9.59 Å². The van der Waals surface area contributed by atoms with Crippen molar-refractivity contribution in [3.63, 3.8) is 0 Å². The van der Waals surface area contributed by atoms with Gasteiger partial charge in [0.15, 0.2) is 5.82 Å². The first-order valence-electron chi connectivity index (χ1n) is 7.78. The smallest absolute Gasteiger partial charge is 0.317 e. The molecule has 3 rings (SSSR count). The minimum Gasteiger partial charge on any atom is -0.351 e. The summed E-state index contributed by atoms with van der Waals surface area (Å²) in [5.74, 6) is -0.0419. The Morgan fingerprint density at radius 1 is 1.29 bits per heavy atom. The lowest BCUT2D eigenvalue weighted by atomic mass is 10.1. The highest BCUT2D eigenvalue weighted by Crippen LogP contribution is 2.31. The maximum absolute atomic E-state index is 12.6. The molecular formula is C16H19N5O2S. The van der Waals surface area contributed by atoms with Crippen LogP contribution in [0.5, 0.6) is 0 Å². The molecule has 1 aliphatic heterocycles. The molecule has 0 aliphatic carbocycles. The number of nitrogens with two attached hydrogens (primary N) is 1. The third-order valence-corrected chi connectivity index (χ3v) is 4.83. The molecule has 3 amide bonds. The van der Waals surface area contributed by atoms with E-state index >= 15 is 0 Å². The highest BCUT2D eigenvalue weighted by Gasteiger charge is 2.23. The highest BCUT2D eigenvalue weighted by molar-refractivity contribution is 7.17. The average molecular weight is 345 g/mol. The first-order valence-corrected chi connectivity index (χ1v) is 8.59. The summed E-state index contributed by atoms with van der Waals surface area (Å²) in [4.78, 5) is 28.5. The van der Waals surface area contributed by atoms with Crippen LogP contribution in [0.3, 0.4) is 0 Å². The standard InChI is InChI=1S/C16H19N5O2S/c17-16(23)21-13-12(14(22)19-11-7-4-8-18-9-11)24-15(20-13)10-5-2-1-3-6-10/h1-3,5-6,11,18H,4,7-9H2,(H,19,22)(H3,17,21,23)/t11-/m0/s1. The van der Waals surface area contributed by atoms with Crippen LogP contribution in [-0.4, -0.2) is 36.1 Å². The van der Waals surface area contributed by atoms with Crippen LogP contribution < -0.4 is 21.7 Å². The molecule has 0 spiro atoms. The topological polar surface area (TPSA) is 109 Å². The fourth-order valence-corrected chi connectivity index (χ4v) is 3.53. The van der Waals surface area contributed by atoms with E-state index in [2.05, 4.69) is 20.9 Å². The fraction of sp³-hybridized carbons (Fsp3) is 0.312. The van der Waals surface area contributed by atoms with E-state index in [1.54, 1.807) is 0 Å². The number of carbonyl (C=O) groups excluding carboxylic acids is 2. The number of rotatable bonds is 4. The summed E-state index contributed by atoms with van der Waals surface area (Å²) < 4.78 is 0. The van der Waals surface area contributed by atoms with E-state index in [0.717, 1.165) is 31.5 Å². The summed E-state index contributed by atoms with van der Waals surface area (Å²) >= 11 is 1.24.